The molecule has 0 aliphatic carbocycles. The third-order valence-electron chi connectivity index (χ3n) is 2.95. The van der Waals surface area contributed by atoms with Crippen molar-refractivity contribution in [3.05, 3.63) is 29.8 Å². The Bertz CT molecular complexity index is 393. The predicted molar refractivity (Wildman–Crippen MR) is 77.6 cm³/mol. The fraction of sp³-hybridized carbons (Fsp3) is 0.533. The Kier molecular flexibility index (Phi) is 6.79. The van der Waals surface area contributed by atoms with Gasteiger partial charge in [0.05, 0.1) is 6.54 Å². The van der Waals surface area contributed by atoms with Gasteiger partial charge in [-0.2, -0.15) is 0 Å². The van der Waals surface area contributed by atoms with Crippen LogP contribution in [0.3, 0.4) is 0 Å². The molecule has 0 heterocycles. The van der Waals surface area contributed by atoms with Crippen molar-refractivity contribution in [2.75, 3.05) is 13.2 Å². The number of nitrogens with one attached hydrogen (secondary N) is 2. The van der Waals surface area contributed by atoms with Crippen molar-refractivity contribution in [2.45, 2.75) is 39.7 Å². The van der Waals surface area contributed by atoms with Gasteiger partial charge in [0, 0.05) is 6.04 Å². The number of benzene rings is 1. The second kappa shape index (κ2) is 8.40. The van der Waals surface area contributed by atoms with Gasteiger partial charge in [-0.3, -0.25) is 0 Å². The van der Waals surface area contributed by atoms with Crippen molar-refractivity contribution in [3.8, 4) is 5.75 Å². The second-order valence-corrected chi connectivity index (χ2v) is 4.56. The van der Waals surface area contributed by atoms with E-state index >= 15 is 0 Å². The number of urea groups is 1. The van der Waals surface area contributed by atoms with E-state index in [-0.39, 0.29) is 12.1 Å². The molecule has 0 fully saturated rings. The molecule has 1 aromatic rings. The summed E-state index contributed by atoms with van der Waals surface area (Å²) in [6, 6.07) is 8.07. The van der Waals surface area contributed by atoms with Crippen molar-refractivity contribution in [2.24, 2.45) is 0 Å². The lowest BCUT2D eigenvalue weighted by molar-refractivity contribution is 0.233. The van der Waals surface area contributed by atoms with Crippen LogP contribution in [0.4, 0.5) is 4.79 Å². The third kappa shape index (κ3) is 6.13. The monoisotopic (exact) mass is 264 g/mol. The number of amides is 2. The zero-order chi connectivity index (χ0) is 14.1. The number of aryl methyl sites for hydroxylation is 1. The first kappa shape index (κ1) is 15.3. The Morgan fingerprint density at radius 3 is 2.84 bits per heavy atom. The maximum Gasteiger partial charge on any atom is 0.315 e. The van der Waals surface area contributed by atoms with Crippen molar-refractivity contribution in [3.63, 3.8) is 0 Å². The summed E-state index contributed by atoms with van der Waals surface area (Å²) in [5, 5.41) is 5.61. The highest BCUT2D eigenvalue weighted by Gasteiger charge is 2.03. The van der Waals surface area contributed by atoms with Crippen LogP contribution >= 0.6 is 0 Å². The molecule has 4 heteroatoms. The summed E-state index contributed by atoms with van der Waals surface area (Å²) in [5.41, 5.74) is 1.25. The Morgan fingerprint density at radius 1 is 1.37 bits per heavy atom. The summed E-state index contributed by atoms with van der Waals surface area (Å²) in [6.07, 6.45) is 1.92. The van der Waals surface area contributed by atoms with Gasteiger partial charge in [0.1, 0.15) is 12.4 Å². The summed E-state index contributed by atoms with van der Waals surface area (Å²) in [7, 11) is 0. The summed E-state index contributed by atoms with van der Waals surface area (Å²) in [5.74, 6) is 0.850. The number of ether oxygens (including phenoxy) is 1. The molecule has 106 valence electrons. The molecule has 0 aliphatic heterocycles. The van der Waals surface area contributed by atoms with Crippen LogP contribution in [-0.4, -0.2) is 25.2 Å². The first-order valence-electron chi connectivity index (χ1n) is 6.91. The molecular formula is C15H24N2O2. The van der Waals surface area contributed by atoms with Crippen molar-refractivity contribution < 1.29 is 9.53 Å². The lowest BCUT2D eigenvalue weighted by atomic mass is 10.2. The molecule has 0 spiro atoms. The van der Waals surface area contributed by atoms with Crippen LogP contribution in [0.15, 0.2) is 24.3 Å². The SMILES string of the molecule is CCc1cccc(OCCNC(=O)NC(C)CC)c1. The highest BCUT2D eigenvalue weighted by molar-refractivity contribution is 5.74. The fourth-order valence-corrected chi connectivity index (χ4v) is 1.57. The van der Waals surface area contributed by atoms with Gasteiger partial charge >= 0.3 is 6.03 Å². The predicted octanol–water partition coefficient (Wildman–Crippen LogP) is 2.73. The van der Waals surface area contributed by atoms with Gasteiger partial charge in [-0.25, -0.2) is 4.79 Å². The molecule has 2 N–H and O–H groups in total. The quantitative estimate of drug-likeness (QED) is 0.744. The van der Waals surface area contributed by atoms with Crippen molar-refractivity contribution in [1.29, 1.82) is 0 Å². The maximum absolute atomic E-state index is 11.4. The lowest BCUT2D eigenvalue weighted by Gasteiger charge is -2.13. The minimum Gasteiger partial charge on any atom is -0.492 e. The molecular weight excluding hydrogens is 240 g/mol. The molecule has 0 radical (unpaired) electrons. The van der Waals surface area contributed by atoms with E-state index in [4.69, 9.17) is 4.74 Å². The van der Waals surface area contributed by atoms with Gasteiger partial charge in [0.2, 0.25) is 0 Å². The molecule has 0 aliphatic rings. The summed E-state index contributed by atoms with van der Waals surface area (Å²) in [6.45, 7) is 7.10. The van der Waals surface area contributed by atoms with Gasteiger partial charge in [-0.15, -0.1) is 0 Å². The largest absolute Gasteiger partial charge is 0.492 e. The molecule has 1 aromatic carbocycles. The van der Waals surface area contributed by atoms with Crippen LogP contribution in [0, 0.1) is 0 Å². The molecule has 1 rings (SSSR count). The first-order valence-corrected chi connectivity index (χ1v) is 6.91. The van der Waals surface area contributed by atoms with E-state index in [1.807, 2.05) is 32.0 Å². The van der Waals surface area contributed by atoms with Crippen LogP contribution in [0.5, 0.6) is 5.75 Å². The van der Waals surface area contributed by atoms with Crippen LogP contribution in [0.2, 0.25) is 0 Å². The molecule has 1 atom stereocenters. The molecule has 0 saturated heterocycles. The van der Waals surface area contributed by atoms with E-state index in [0.717, 1.165) is 18.6 Å². The summed E-state index contributed by atoms with van der Waals surface area (Å²) < 4.78 is 5.59. The number of rotatable bonds is 7. The molecule has 1 unspecified atom stereocenters. The van der Waals surface area contributed by atoms with E-state index in [0.29, 0.717) is 13.2 Å². The van der Waals surface area contributed by atoms with Gasteiger partial charge < -0.3 is 15.4 Å². The van der Waals surface area contributed by atoms with Gasteiger partial charge in [-0.05, 0) is 37.5 Å². The molecule has 19 heavy (non-hydrogen) atoms. The highest BCUT2D eigenvalue weighted by Crippen LogP contribution is 2.13. The van der Waals surface area contributed by atoms with Crippen LogP contribution in [0.1, 0.15) is 32.8 Å². The first-order chi connectivity index (χ1) is 9.15. The Morgan fingerprint density at radius 2 is 2.16 bits per heavy atom. The summed E-state index contributed by atoms with van der Waals surface area (Å²) >= 11 is 0. The van der Waals surface area contributed by atoms with Crippen LogP contribution in [-0.2, 0) is 6.42 Å². The molecule has 2 amide bonds. The standard InChI is InChI=1S/C15H24N2O2/c1-4-12(3)17-15(18)16-9-10-19-14-8-6-7-13(5-2)11-14/h6-8,11-12H,4-5,9-10H2,1-3H3,(H2,16,17,18). The number of carbonyl (C=O) groups excluding carboxylic acids is 1. The third-order valence-corrected chi connectivity index (χ3v) is 2.95. The zero-order valence-electron chi connectivity index (χ0n) is 12.0. The zero-order valence-corrected chi connectivity index (χ0v) is 12.0. The average Bonchev–Trinajstić information content (AvgIpc) is 2.43. The molecule has 0 aromatic heterocycles. The lowest BCUT2D eigenvalue weighted by Crippen LogP contribution is -2.41. The molecule has 0 saturated carbocycles. The Hall–Kier alpha value is -1.71. The van der Waals surface area contributed by atoms with Crippen molar-refractivity contribution >= 4 is 6.03 Å². The maximum atomic E-state index is 11.4. The fourth-order valence-electron chi connectivity index (χ4n) is 1.57. The van der Waals surface area contributed by atoms with E-state index < -0.39 is 0 Å². The average molecular weight is 264 g/mol. The number of hydrogen-bond acceptors (Lipinski definition) is 2. The summed E-state index contributed by atoms with van der Waals surface area (Å²) in [4.78, 5) is 11.4. The van der Waals surface area contributed by atoms with E-state index in [2.05, 4.69) is 23.6 Å². The minimum atomic E-state index is -0.139. The topological polar surface area (TPSA) is 50.4 Å². The van der Waals surface area contributed by atoms with Crippen LogP contribution in [0.25, 0.3) is 0 Å². The Labute approximate surface area is 115 Å². The smallest absolute Gasteiger partial charge is 0.315 e. The van der Waals surface area contributed by atoms with Gasteiger partial charge in [0.25, 0.3) is 0 Å². The van der Waals surface area contributed by atoms with E-state index in [1.54, 1.807) is 0 Å². The molecule has 0 bridgehead atoms. The Balaban J connectivity index is 2.21. The van der Waals surface area contributed by atoms with Gasteiger partial charge in [0.15, 0.2) is 0 Å². The normalized spacial score (nSPS) is 11.7. The minimum absolute atomic E-state index is 0.139. The molecule has 4 nitrogen and oxygen atoms in total. The second-order valence-electron chi connectivity index (χ2n) is 4.56. The van der Waals surface area contributed by atoms with Crippen LogP contribution < -0.4 is 15.4 Å². The van der Waals surface area contributed by atoms with Gasteiger partial charge in [-0.1, -0.05) is 26.0 Å². The highest BCUT2D eigenvalue weighted by atomic mass is 16.5. The number of carbonyl (C=O) groups is 1. The van der Waals surface area contributed by atoms with Crippen molar-refractivity contribution in [1.82, 2.24) is 10.6 Å². The van der Waals surface area contributed by atoms with E-state index in [9.17, 15) is 4.79 Å². The van der Waals surface area contributed by atoms with E-state index in [1.165, 1.54) is 5.56 Å². The number of hydrogen-bond donors (Lipinski definition) is 2.